The molecule has 0 saturated carbocycles. The molecule has 1 heterocycles. The Morgan fingerprint density at radius 1 is 1.62 bits per heavy atom. The highest BCUT2D eigenvalue weighted by molar-refractivity contribution is 7.10. The van der Waals surface area contributed by atoms with Crippen molar-refractivity contribution in [2.75, 3.05) is 6.54 Å². The molecule has 0 aliphatic rings. The summed E-state index contributed by atoms with van der Waals surface area (Å²) >= 11 is 1.67. The van der Waals surface area contributed by atoms with Gasteiger partial charge in [0.25, 0.3) is 0 Å². The number of nitrogens with two attached hydrogens (primary N) is 1. The van der Waals surface area contributed by atoms with Crippen LogP contribution in [-0.4, -0.2) is 23.7 Å². The third-order valence-corrected chi connectivity index (χ3v) is 3.35. The van der Waals surface area contributed by atoms with Gasteiger partial charge in [0.1, 0.15) is 6.04 Å². The number of carboxylic acid groups (broad SMARTS) is 1. The zero-order valence-corrected chi connectivity index (χ0v) is 10.3. The second-order valence-electron chi connectivity index (χ2n) is 4.09. The Balaban J connectivity index is 2.57. The van der Waals surface area contributed by atoms with Crippen molar-refractivity contribution in [3.05, 3.63) is 22.4 Å². The molecule has 0 aliphatic heterocycles. The number of nitrogens with one attached hydrogen (secondary N) is 1. The highest BCUT2D eigenvalue weighted by Crippen LogP contribution is 2.25. The van der Waals surface area contributed by atoms with Crippen LogP contribution in [0.5, 0.6) is 0 Å². The van der Waals surface area contributed by atoms with Gasteiger partial charge in [-0.1, -0.05) is 19.9 Å². The van der Waals surface area contributed by atoms with E-state index < -0.39 is 12.0 Å². The lowest BCUT2D eigenvalue weighted by molar-refractivity contribution is -0.138. The van der Waals surface area contributed by atoms with E-state index in [2.05, 4.69) is 25.2 Å². The summed E-state index contributed by atoms with van der Waals surface area (Å²) in [4.78, 5) is 11.8. The van der Waals surface area contributed by atoms with E-state index in [1.807, 2.05) is 11.4 Å². The summed E-state index contributed by atoms with van der Waals surface area (Å²) in [5.41, 5.74) is 5.46. The molecule has 1 aromatic heterocycles. The summed E-state index contributed by atoms with van der Waals surface area (Å²) in [6.07, 6.45) is 0. The first-order valence-corrected chi connectivity index (χ1v) is 6.15. The zero-order chi connectivity index (χ0) is 12.1. The molecule has 4 N–H and O–H groups in total. The van der Waals surface area contributed by atoms with Crippen LogP contribution in [0.25, 0.3) is 0 Å². The summed E-state index contributed by atoms with van der Waals surface area (Å²) < 4.78 is 0. The Hall–Kier alpha value is -0.910. The van der Waals surface area contributed by atoms with Crippen LogP contribution in [0.3, 0.4) is 0 Å². The Labute approximate surface area is 99.5 Å². The van der Waals surface area contributed by atoms with Crippen LogP contribution in [0, 0.1) is 5.92 Å². The Kier molecular flexibility index (Phi) is 4.92. The van der Waals surface area contributed by atoms with Gasteiger partial charge >= 0.3 is 5.97 Å². The molecule has 4 nitrogen and oxygen atoms in total. The standard InChI is InChI=1S/C11H18N2O2S/c1-7(2)10(9-4-3-5-16-9)13-6-8(12)11(14)15/h3-5,7-8,10,13H,6,12H2,1-2H3,(H,14,15). The molecule has 90 valence electrons. The number of hydrogen-bond acceptors (Lipinski definition) is 4. The fraction of sp³-hybridized carbons (Fsp3) is 0.545. The topological polar surface area (TPSA) is 75.3 Å². The fourth-order valence-electron chi connectivity index (χ4n) is 1.47. The highest BCUT2D eigenvalue weighted by atomic mass is 32.1. The minimum atomic E-state index is -0.971. The van der Waals surface area contributed by atoms with Crippen molar-refractivity contribution in [1.82, 2.24) is 5.32 Å². The van der Waals surface area contributed by atoms with Gasteiger partial charge < -0.3 is 16.2 Å². The first-order chi connectivity index (χ1) is 7.52. The minimum absolute atomic E-state index is 0.172. The van der Waals surface area contributed by atoms with Crippen molar-refractivity contribution in [3.63, 3.8) is 0 Å². The number of carboxylic acids is 1. The van der Waals surface area contributed by atoms with E-state index in [9.17, 15) is 4.79 Å². The maximum Gasteiger partial charge on any atom is 0.321 e. The molecule has 16 heavy (non-hydrogen) atoms. The summed E-state index contributed by atoms with van der Waals surface area (Å²) in [6.45, 7) is 4.49. The Morgan fingerprint density at radius 3 is 2.75 bits per heavy atom. The third-order valence-electron chi connectivity index (χ3n) is 2.39. The van der Waals surface area contributed by atoms with Crippen molar-refractivity contribution in [3.8, 4) is 0 Å². The van der Waals surface area contributed by atoms with Crippen molar-refractivity contribution in [2.45, 2.75) is 25.9 Å². The third kappa shape index (κ3) is 3.59. The maximum atomic E-state index is 10.6. The average molecular weight is 242 g/mol. The van der Waals surface area contributed by atoms with Gasteiger partial charge in [-0.2, -0.15) is 0 Å². The molecule has 0 bridgehead atoms. The second-order valence-corrected chi connectivity index (χ2v) is 5.07. The van der Waals surface area contributed by atoms with E-state index in [0.717, 1.165) is 0 Å². The SMILES string of the molecule is CC(C)C(NCC(N)C(=O)O)c1cccs1. The van der Waals surface area contributed by atoms with Gasteiger partial charge in [0.05, 0.1) is 0 Å². The molecule has 0 amide bonds. The van der Waals surface area contributed by atoms with E-state index in [-0.39, 0.29) is 12.6 Å². The van der Waals surface area contributed by atoms with E-state index in [0.29, 0.717) is 5.92 Å². The number of thiophene rings is 1. The lowest BCUT2D eigenvalue weighted by Crippen LogP contribution is -2.42. The van der Waals surface area contributed by atoms with Gasteiger partial charge in [-0.25, -0.2) is 0 Å². The molecule has 0 spiro atoms. The van der Waals surface area contributed by atoms with Crippen molar-refractivity contribution in [1.29, 1.82) is 0 Å². The molecule has 1 rings (SSSR count). The molecule has 0 aromatic carbocycles. The number of aliphatic carboxylic acids is 1. The fourth-order valence-corrected chi connectivity index (χ4v) is 2.45. The van der Waals surface area contributed by atoms with Gasteiger partial charge in [-0.05, 0) is 17.4 Å². The second kappa shape index (κ2) is 5.98. The molecule has 0 aliphatic carbocycles. The summed E-state index contributed by atoms with van der Waals surface area (Å²) in [7, 11) is 0. The van der Waals surface area contributed by atoms with Crippen LogP contribution >= 0.6 is 11.3 Å². The smallest absolute Gasteiger partial charge is 0.321 e. The van der Waals surface area contributed by atoms with Gasteiger partial charge in [0.2, 0.25) is 0 Å². The first kappa shape index (κ1) is 13.2. The highest BCUT2D eigenvalue weighted by Gasteiger charge is 2.19. The van der Waals surface area contributed by atoms with Crippen LogP contribution in [0.1, 0.15) is 24.8 Å². The first-order valence-electron chi connectivity index (χ1n) is 5.27. The monoisotopic (exact) mass is 242 g/mol. The number of carbonyl (C=O) groups is 1. The predicted octanol–water partition coefficient (Wildman–Crippen LogP) is 1.45. The quantitative estimate of drug-likeness (QED) is 0.705. The van der Waals surface area contributed by atoms with Crippen LogP contribution in [0.15, 0.2) is 17.5 Å². The maximum absolute atomic E-state index is 10.6. The van der Waals surface area contributed by atoms with Gasteiger partial charge in [0.15, 0.2) is 0 Å². The normalized spacial score (nSPS) is 15.0. The van der Waals surface area contributed by atoms with Crippen LogP contribution in [0.2, 0.25) is 0 Å². The van der Waals surface area contributed by atoms with Gasteiger partial charge in [0, 0.05) is 17.5 Å². The number of hydrogen-bond donors (Lipinski definition) is 3. The Morgan fingerprint density at radius 2 is 2.31 bits per heavy atom. The molecular formula is C11H18N2O2S. The summed E-state index contributed by atoms with van der Waals surface area (Å²) in [5, 5.41) is 13.9. The summed E-state index contributed by atoms with van der Waals surface area (Å²) in [5.74, 6) is -0.569. The lowest BCUT2D eigenvalue weighted by Gasteiger charge is -2.22. The lowest BCUT2D eigenvalue weighted by atomic mass is 10.0. The minimum Gasteiger partial charge on any atom is -0.480 e. The molecule has 0 fully saturated rings. The van der Waals surface area contributed by atoms with E-state index >= 15 is 0 Å². The van der Waals surface area contributed by atoms with Crippen LogP contribution < -0.4 is 11.1 Å². The molecule has 0 radical (unpaired) electrons. The summed E-state index contributed by atoms with van der Waals surface area (Å²) in [6, 6.07) is 3.37. The van der Waals surface area contributed by atoms with Crippen molar-refractivity contribution < 1.29 is 9.90 Å². The van der Waals surface area contributed by atoms with Crippen LogP contribution in [0.4, 0.5) is 0 Å². The predicted molar refractivity (Wildman–Crippen MR) is 65.5 cm³/mol. The molecule has 5 heteroatoms. The van der Waals surface area contributed by atoms with Gasteiger partial charge in [-0.15, -0.1) is 11.3 Å². The number of rotatable bonds is 6. The van der Waals surface area contributed by atoms with E-state index in [1.165, 1.54) is 4.88 Å². The molecule has 1 aromatic rings. The van der Waals surface area contributed by atoms with Crippen LogP contribution in [-0.2, 0) is 4.79 Å². The largest absolute Gasteiger partial charge is 0.480 e. The molecule has 2 unspecified atom stereocenters. The van der Waals surface area contributed by atoms with Crippen molar-refractivity contribution >= 4 is 17.3 Å². The van der Waals surface area contributed by atoms with E-state index in [1.54, 1.807) is 11.3 Å². The van der Waals surface area contributed by atoms with Gasteiger partial charge in [-0.3, -0.25) is 4.79 Å². The zero-order valence-electron chi connectivity index (χ0n) is 9.51. The van der Waals surface area contributed by atoms with E-state index in [4.69, 9.17) is 10.8 Å². The molecule has 2 atom stereocenters. The average Bonchev–Trinajstić information content (AvgIpc) is 2.70. The molecule has 0 saturated heterocycles. The van der Waals surface area contributed by atoms with Crippen molar-refractivity contribution in [2.24, 2.45) is 11.7 Å². The molecular weight excluding hydrogens is 224 g/mol. The Bertz CT molecular complexity index is 325.